The van der Waals surface area contributed by atoms with Crippen LogP contribution >= 0.6 is 22.9 Å². The van der Waals surface area contributed by atoms with Gasteiger partial charge in [-0.2, -0.15) is 10.2 Å². The van der Waals surface area contributed by atoms with Crippen LogP contribution in [-0.2, 0) is 41.8 Å². The molecule has 22 heteroatoms. The zero-order valence-corrected chi connectivity index (χ0v) is 45.5. The van der Waals surface area contributed by atoms with Crippen LogP contribution in [0.2, 0.25) is 5.02 Å². The van der Waals surface area contributed by atoms with Gasteiger partial charge in [-0.1, -0.05) is 48.7 Å². The Kier molecular flexibility index (Phi) is 17.2. The van der Waals surface area contributed by atoms with E-state index in [0.29, 0.717) is 76.1 Å². The third-order valence-electron chi connectivity index (χ3n) is 14.4. The smallest absolute Gasteiger partial charge is 0.325 e. The normalized spacial score (nSPS) is 14.7. The molecule has 3 aromatic carbocycles. The Morgan fingerprint density at radius 3 is 2.25 bits per heavy atom. The Labute approximate surface area is 454 Å². The average Bonchev–Trinajstić information content (AvgIpc) is 4.24. The van der Waals surface area contributed by atoms with Crippen molar-refractivity contribution in [3.8, 4) is 16.1 Å². The van der Waals surface area contributed by atoms with Gasteiger partial charge in [-0.3, -0.25) is 47.8 Å². The van der Waals surface area contributed by atoms with Gasteiger partial charge in [0, 0.05) is 57.0 Å². The second kappa shape index (κ2) is 24.3. The van der Waals surface area contributed by atoms with Gasteiger partial charge < -0.3 is 26.0 Å². The van der Waals surface area contributed by atoms with Crippen LogP contribution in [0.1, 0.15) is 89.9 Å². The van der Waals surface area contributed by atoms with Gasteiger partial charge in [0.15, 0.2) is 5.82 Å². The Bertz CT molecular complexity index is 3370. The van der Waals surface area contributed by atoms with Crippen LogP contribution in [0.25, 0.3) is 37.9 Å². The third kappa shape index (κ3) is 12.6. The SMILES string of the molecule is COC(=O)CNC(=O)CNC(=O)Cn1nc(C)c2c(-c3cc4c(cnn4CC4CCN(CC(=O)NCCCCCCNC(=O)C[C@@H]5N=C(c6ccc(Cl)cc6)c6c(sc(C)c6C)-n6c(C)nnc65)CC4)cc3F)cccc21. The van der Waals surface area contributed by atoms with Gasteiger partial charge in [-0.25, -0.2) is 4.39 Å². The molecular weight excluding hydrogens is 1030 g/mol. The van der Waals surface area contributed by atoms with Crippen LogP contribution in [0.15, 0.2) is 65.8 Å². The molecule has 0 unspecified atom stereocenters. The number of unbranched alkanes of at least 4 members (excludes halogenated alkanes) is 3. The van der Waals surface area contributed by atoms with Crippen molar-refractivity contribution in [2.24, 2.45) is 10.9 Å². The molecule has 9 rings (SSSR count). The van der Waals surface area contributed by atoms with Crippen LogP contribution in [0.5, 0.6) is 0 Å². The molecule has 1 atom stereocenters. The molecule has 4 aromatic heterocycles. The summed E-state index contributed by atoms with van der Waals surface area (Å²) in [4.78, 5) is 71.2. The number of aryl methyl sites for hydroxylation is 3. The Balaban J connectivity index is 0.698. The summed E-state index contributed by atoms with van der Waals surface area (Å²) in [5.74, 6) is -0.415. The number of ether oxygens (including phenoxy) is 1. The zero-order valence-electron chi connectivity index (χ0n) is 43.9. The van der Waals surface area contributed by atoms with Crippen molar-refractivity contribution in [1.29, 1.82) is 0 Å². The highest BCUT2D eigenvalue weighted by atomic mass is 35.5. The summed E-state index contributed by atoms with van der Waals surface area (Å²) in [7, 11) is 1.21. The first-order valence-electron chi connectivity index (χ1n) is 26.0. The van der Waals surface area contributed by atoms with Crippen molar-refractivity contribution in [3.05, 3.63) is 111 Å². The van der Waals surface area contributed by atoms with Gasteiger partial charge in [0.1, 0.15) is 35.8 Å². The summed E-state index contributed by atoms with van der Waals surface area (Å²) in [5.41, 5.74) is 6.94. The van der Waals surface area contributed by atoms with E-state index in [1.807, 2.05) is 58.6 Å². The van der Waals surface area contributed by atoms with E-state index in [2.05, 4.69) is 65.1 Å². The van der Waals surface area contributed by atoms with Crippen LogP contribution in [0, 0.1) is 39.4 Å². The van der Waals surface area contributed by atoms with Gasteiger partial charge in [0.2, 0.25) is 23.6 Å². The Hall–Kier alpha value is -7.36. The maximum absolute atomic E-state index is 15.9. The lowest BCUT2D eigenvalue weighted by molar-refractivity contribution is -0.141. The number of halogens is 2. The molecular formula is C55H63ClFN13O6S. The van der Waals surface area contributed by atoms with Crippen molar-refractivity contribution in [2.45, 2.75) is 91.8 Å². The van der Waals surface area contributed by atoms with Crippen LogP contribution in [0.4, 0.5) is 4.39 Å². The monoisotopic (exact) mass is 1090 g/mol. The fraction of sp³-hybridized carbons (Fsp3) is 0.418. The predicted octanol–water partition coefficient (Wildman–Crippen LogP) is 6.61. The number of piperidine rings is 1. The maximum Gasteiger partial charge on any atom is 0.325 e. The number of nitrogens with zero attached hydrogens (tertiary/aromatic N) is 9. The van der Waals surface area contributed by atoms with Gasteiger partial charge in [0.05, 0.1) is 55.3 Å². The summed E-state index contributed by atoms with van der Waals surface area (Å²) in [6.07, 6.45) is 7.08. The Morgan fingerprint density at radius 2 is 1.51 bits per heavy atom. The van der Waals surface area contributed by atoms with E-state index >= 15 is 4.39 Å². The van der Waals surface area contributed by atoms with E-state index in [1.165, 1.54) is 22.7 Å². The van der Waals surface area contributed by atoms with Crippen molar-refractivity contribution in [3.63, 3.8) is 0 Å². The molecule has 0 bridgehead atoms. The second-order valence-electron chi connectivity index (χ2n) is 19.7. The number of carbonyl (C=O) groups is 5. The molecule has 4 N–H and O–H groups in total. The molecule has 4 amide bonds. The number of amides is 4. The summed E-state index contributed by atoms with van der Waals surface area (Å²) < 4.78 is 25.9. The van der Waals surface area contributed by atoms with Crippen LogP contribution < -0.4 is 21.3 Å². The largest absolute Gasteiger partial charge is 0.468 e. The Morgan fingerprint density at radius 1 is 0.792 bits per heavy atom. The number of nitrogens with one attached hydrogen (secondary N) is 4. The van der Waals surface area contributed by atoms with E-state index in [-0.39, 0.29) is 37.9 Å². The van der Waals surface area contributed by atoms with Gasteiger partial charge in [-0.05, 0) is 114 Å². The molecule has 404 valence electrons. The first-order valence-corrected chi connectivity index (χ1v) is 27.2. The average molecular weight is 1090 g/mol. The highest BCUT2D eigenvalue weighted by Gasteiger charge is 2.33. The number of methoxy groups -OCH3 is 1. The fourth-order valence-electron chi connectivity index (χ4n) is 10.2. The molecule has 0 spiro atoms. The predicted molar refractivity (Wildman–Crippen MR) is 293 cm³/mol. The molecule has 2 aliphatic heterocycles. The highest BCUT2D eigenvalue weighted by molar-refractivity contribution is 7.15. The first kappa shape index (κ1) is 54.4. The molecule has 2 aliphatic rings. The number of esters is 1. The van der Waals surface area contributed by atoms with Crippen molar-refractivity contribution in [2.75, 3.05) is 52.9 Å². The fourth-order valence-corrected chi connectivity index (χ4v) is 11.5. The van der Waals surface area contributed by atoms with E-state index in [9.17, 15) is 24.0 Å². The number of aromatic nitrogens is 7. The summed E-state index contributed by atoms with van der Waals surface area (Å²) in [6, 6.07) is 15.9. The molecule has 0 radical (unpaired) electrons. The topological polar surface area (TPSA) is 225 Å². The minimum Gasteiger partial charge on any atom is -0.468 e. The van der Waals surface area contributed by atoms with E-state index < -0.39 is 29.6 Å². The minimum absolute atomic E-state index is 0.00674. The van der Waals surface area contributed by atoms with E-state index in [0.717, 1.165) is 90.4 Å². The number of aliphatic imine (C=N–C) groups is 1. The van der Waals surface area contributed by atoms with Crippen LogP contribution in [-0.4, -0.2) is 127 Å². The standard InChI is InChI=1S/C55H63ClFN13O6S/c1-32-34(3)77-55-51(32)53(37-13-15-39(56)16-14-37)63-43(54-65-64-35(4)70(54)55)25-46(71)58-19-8-6-7-9-20-59-48(73)30-67-21-17-36(18-22-67)29-68-45-24-41(42(57)23-38(45)26-62-68)40-11-10-12-44-52(40)33(2)66-69(44)31-49(74)60-27-47(72)61-28-50(75)76-5/h10-16,23-24,26,36,43H,6-9,17-22,25,27-31H2,1-5H3,(H,58,71)(H,59,73)(H,60,74)(H,61,72)/t43-/m0/s1. The molecule has 0 aliphatic carbocycles. The van der Waals surface area contributed by atoms with E-state index in [4.69, 9.17) is 16.6 Å². The number of rotatable bonds is 21. The first-order chi connectivity index (χ1) is 37.1. The maximum atomic E-state index is 15.9. The molecule has 0 saturated carbocycles. The minimum atomic E-state index is -0.607. The van der Waals surface area contributed by atoms with Gasteiger partial charge in [-0.15, -0.1) is 21.5 Å². The summed E-state index contributed by atoms with van der Waals surface area (Å²) in [5, 5.41) is 32.3. The number of benzene rings is 3. The quantitative estimate of drug-likeness (QED) is 0.0442. The number of likely N-dealkylation sites (tertiary alicyclic amines) is 1. The second-order valence-corrected chi connectivity index (χ2v) is 21.4. The summed E-state index contributed by atoms with van der Waals surface area (Å²) >= 11 is 7.93. The number of hydrogen-bond acceptors (Lipinski definition) is 13. The lowest BCUT2D eigenvalue weighted by Crippen LogP contribution is -2.42. The number of carbonyl (C=O) groups excluding carboxylic acids is 5. The van der Waals surface area contributed by atoms with Crippen LogP contribution in [0.3, 0.4) is 0 Å². The molecule has 1 fully saturated rings. The summed E-state index contributed by atoms with van der Waals surface area (Å²) in [6.45, 7) is 10.8. The number of hydrogen-bond donors (Lipinski definition) is 4. The van der Waals surface area contributed by atoms with Gasteiger partial charge >= 0.3 is 5.97 Å². The van der Waals surface area contributed by atoms with Crippen molar-refractivity contribution < 1.29 is 33.1 Å². The third-order valence-corrected chi connectivity index (χ3v) is 15.8. The van der Waals surface area contributed by atoms with Crippen molar-refractivity contribution in [1.82, 2.24) is 60.5 Å². The number of thiophene rings is 1. The molecule has 1 saturated heterocycles. The molecule has 19 nitrogen and oxygen atoms in total. The lowest BCUT2D eigenvalue weighted by Gasteiger charge is -2.31. The number of fused-ring (bicyclic) bond motifs is 5. The van der Waals surface area contributed by atoms with Crippen molar-refractivity contribution >= 4 is 80.1 Å². The zero-order chi connectivity index (χ0) is 54.3. The highest BCUT2D eigenvalue weighted by Crippen LogP contribution is 2.40. The van der Waals surface area contributed by atoms with Gasteiger partial charge in [0.25, 0.3) is 0 Å². The lowest BCUT2D eigenvalue weighted by atomic mass is 9.96. The molecule has 6 heterocycles. The molecule has 7 aromatic rings. The molecule has 77 heavy (non-hydrogen) atoms. The van der Waals surface area contributed by atoms with E-state index in [1.54, 1.807) is 30.5 Å².